The van der Waals surface area contributed by atoms with E-state index in [4.69, 9.17) is 14.8 Å². The molecule has 30 heavy (non-hydrogen) atoms. The molecule has 1 heterocycles. The van der Waals surface area contributed by atoms with E-state index in [1.54, 1.807) is 19.3 Å². The first-order valence-electron chi connectivity index (χ1n) is 9.41. The van der Waals surface area contributed by atoms with Crippen molar-refractivity contribution < 1.29 is 9.13 Å². The van der Waals surface area contributed by atoms with Crippen LogP contribution in [0.15, 0.2) is 77.4 Å². The quantitative estimate of drug-likeness (QED) is 0.652. The van der Waals surface area contributed by atoms with Gasteiger partial charge in [-0.2, -0.15) is 5.26 Å². The molecule has 3 N–H and O–H groups in total. The highest BCUT2D eigenvalue weighted by molar-refractivity contribution is 7.88. The minimum absolute atomic E-state index is 0.00344. The predicted octanol–water partition coefficient (Wildman–Crippen LogP) is 4.18. The number of nitrogens with one attached hydrogen (secondary N) is 3. The van der Waals surface area contributed by atoms with E-state index in [2.05, 4.69) is 10.0 Å². The summed E-state index contributed by atoms with van der Waals surface area (Å²) in [7, 11) is 0.791. The second kappa shape index (κ2) is 10.6. The first kappa shape index (κ1) is 21.7. The highest BCUT2D eigenvalue weighted by atomic mass is 32.2. The van der Waals surface area contributed by atoms with Gasteiger partial charge in [0.1, 0.15) is 11.9 Å². The van der Waals surface area contributed by atoms with Crippen LogP contribution in [0.25, 0.3) is 6.08 Å². The second-order valence-corrected chi connectivity index (χ2v) is 7.93. The van der Waals surface area contributed by atoms with Crippen LogP contribution >= 0.6 is 0 Å². The minimum atomic E-state index is -0.990. The Kier molecular flexibility index (Phi) is 7.69. The topological polar surface area (TPSA) is 80.9 Å². The maximum Gasteiger partial charge on any atom is 0.140 e. The number of nitrogens with zero attached hydrogens (tertiary/aromatic N) is 1. The molecule has 0 amide bonds. The average Bonchev–Trinajstić information content (AvgIpc) is 2.90. The molecule has 0 saturated carbocycles. The molecular formula is C23H23FN4OS. The smallest absolute Gasteiger partial charge is 0.140 e. The van der Waals surface area contributed by atoms with Gasteiger partial charge in [0.2, 0.25) is 0 Å². The molecule has 0 radical (unpaired) electrons. The average molecular weight is 423 g/mol. The van der Waals surface area contributed by atoms with Gasteiger partial charge in [-0.05, 0) is 45.8 Å². The number of hydrogen-bond acceptors (Lipinski definition) is 4. The van der Waals surface area contributed by atoms with E-state index in [0.717, 1.165) is 16.0 Å². The predicted molar refractivity (Wildman–Crippen MR) is 118 cm³/mol. The lowest BCUT2D eigenvalue weighted by Crippen LogP contribution is -2.32. The van der Waals surface area contributed by atoms with E-state index >= 15 is 0 Å². The first-order valence-corrected chi connectivity index (χ1v) is 10.6. The fourth-order valence-electron chi connectivity index (χ4n) is 2.93. The summed E-state index contributed by atoms with van der Waals surface area (Å²) >= 11 is 0. The summed E-state index contributed by atoms with van der Waals surface area (Å²) < 4.78 is 31.3. The Hall–Kier alpha value is -3.05. The zero-order valence-corrected chi connectivity index (χ0v) is 17.4. The van der Waals surface area contributed by atoms with Gasteiger partial charge in [-0.3, -0.25) is 4.78 Å². The molecule has 5 nitrogen and oxygen atoms in total. The Morgan fingerprint density at radius 3 is 2.83 bits per heavy atom. The summed E-state index contributed by atoms with van der Waals surface area (Å²) in [4.78, 5) is 0.766. The molecule has 3 rings (SSSR count). The fraction of sp³-hybridized carbons (Fsp3) is 0.174. The molecule has 0 spiro atoms. The van der Waals surface area contributed by atoms with E-state index in [0.29, 0.717) is 18.8 Å². The Morgan fingerprint density at radius 1 is 1.30 bits per heavy atom. The molecule has 154 valence electrons. The molecule has 0 aliphatic carbocycles. The zero-order chi connectivity index (χ0) is 21.3. The van der Waals surface area contributed by atoms with E-state index < -0.39 is 16.7 Å². The number of ether oxygens (including phenoxy) is 1. The van der Waals surface area contributed by atoms with Crippen molar-refractivity contribution in [3.05, 3.63) is 99.9 Å². The zero-order valence-electron chi connectivity index (χ0n) is 16.6. The number of halogens is 1. The van der Waals surface area contributed by atoms with Crippen molar-refractivity contribution in [2.75, 3.05) is 13.7 Å². The van der Waals surface area contributed by atoms with Crippen LogP contribution in [-0.2, 0) is 22.2 Å². The van der Waals surface area contributed by atoms with Gasteiger partial charge in [0.25, 0.3) is 0 Å². The van der Waals surface area contributed by atoms with Gasteiger partial charge in [-0.1, -0.05) is 48.6 Å². The summed E-state index contributed by atoms with van der Waals surface area (Å²) in [5.74, 6) is -0.542. The number of hydrogen-bond donors (Lipinski definition) is 3. The molecule has 0 bridgehead atoms. The van der Waals surface area contributed by atoms with Crippen LogP contribution in [0.2, 0.25) is 0 Å². The van der Waals surface area contributed by atoms with E-state index in [1.165, 1.54) is 12.1 Å². The third-order valence-electron chi connectivity index (χ3n) is 4.40. The van der Waals surface area contributed by atoms with Crippen LogP contribution in [-0.4, -0.2) is 19.7 Å². The lowest BCUT2D eigenvalue weighted by Gasteiger charge is -2.16. The number of nitriles is 1. The molecular weight excluding hydrogens is 399 g/mol. The lowest BCUT2D eigenvalue weighted by molar-refractivity contribution is 0.114. The molecule has 2 atom stereocenters. The van der Waals surface area contributed by atoms with Crippen LogP contribution in [0.5, 0.6) is 0 Å². The molecule has 1 aliphatic heterocycles. The van der Waals surface area contributed by atoms with Crippen LogP contribution in [0, 0.1) is 21.9 Å². The molecule has 1 aliphatic rings. The van der Waals surface area contributed by atoms with Crippen molar-refractivity contribution in [2.45, 2.75) is 12.6 Å². The summed E-state index contributed by atoms with van der Waals surface area (Å²) in [6.07, 6.45) is 7.53. The largest absolute Gasteiger partial charge is 0.393 e. The Morgan fingerprint density at radius 2 is 2.10 bits per heavy atom. The number of rotatable bonds is 6. The molecule has 2 aromatic carbocycles. The number of allylic oxidation sites excluding steroid dienone is 2. The van der Waals surface area contributed by atoms with Crippen LogP contribution in [0.1, 0.15) is 16.7 Å². The summed E-state index contributed by atoms with van der Waals surface area (Å²) in [5.41, 5.74) is 2.61. The third kappa shape index (κ3) is 5.74. The van der Waals surface area contributed by atoms with Crippen molar-refractivity contribution in [1.82, 2.24) is 10.0 Å². The summed E-state index contributed by atoms with van der Waals surface area (Å²) in [5, 5.41) is 12.1. The standard InChI is InChI=1S/C23H23FN4OS/c1-27-14-23-19(11-18-7-10-22(24)20(12-18)13-25)8-9-21(28-30(23)26)16-29-15-17-5-3-2-4-6-17/h2-12,14,21,27H,15-16H2,1H3,(H2,26,28)/b19-11+,23-14?. The highest BCUT2D eigenvalue weighted by Gasteiger charge is 2.17. The van der Waals surface area contributed by atoms with E-state index in [1.807, 2.05) is 54.6 Å². The molecule has 7 heteroatoms. The van der Waals surface area contributed by atoms with Crippen molar-refractivity contribution in [3.8, 4) is 6.07 Å². The Labute approximate surface area is 178 Å². The molecule has 2 aromatic rings. The van der Waals surface area contributed by atoms with Gasteiger partial charge in [-0.15, -0.1) is 0 Å². The molecule has 0 aromatic heterocycles. The summed E-state index contributed by atoms with van der Waals surface area (Å²) in [6.45, 7) is 0.941. The maximum absolute atomic E-state index is 13.6. The lowest BCUT2D eigenvalue weighted by atomic mass is 10.1. The van der Waals surface area contributed by atoms with Crippen LogP contribution < -0.4 is 10.0 Å². The van der Waals surface area contributed by atoms with Gasteiger partial charge in [0, 0.05) is 13.2 Å². The monoisotopic (exact) mass is 422 g/mol. The van der Waals surface area contributed by atoms with Gasteiger partial charge < -0.3 is 10.1 Å². The van der Waals surface area contributed by atoms with Crippen molar-refractivity contribution in [2.24, 2.45) is 0 Å². The third-order valence-corrected chi connectivity index (χ3v) is 5.73. The van der Waals surface area contributed by atoms with Crippen LogP contribution in [0.3, 0.4) is 0 Å². The SMILES string of the molecule is CNC=C1/C(=C/c2ccc(F)c(C#N)c2)C=CC(COCc2ccccc2)NS1=N. The van der Waals surface area contributed by atoms with E-state index in [9.17, 15) is 4.39 Å². The minimum Gasteiger partial charge on any atom is -0.393 e. The number of benzene rings is 2. The molecule has 2 unspecified atom stereocenters. The van der Waals surface area contributed by atoms with E-state index in [-0.39, 0.29) is 11.6 Å². The van der Waals surface area contributed by atoms with Gasteiger partial charge >= 0.3 is 0 Å². The first-order chi connectivity index (χ1) is 14.6. The Balaban J connectivity index is 1.79. The van der Waals surface area contributed by atoms with Crippen molar-refractivity contribution >= 4 is 17.0 Å². The van der Waals surface area contributed by atoms with Crippen molar-refractivity contribution in [3.63, 3.8) is 0 Å². The van der Waals surface area contributed by atoms with Gasteiger partial charge in [0.15, 0.2) is 0 Å². The molecule has 0 fully saturated rings. The highest BCUT2D eigenvalue weighted by Crippen LogP contribution is 2.23. The fourth-order valence-corrected chi connectivity index (χ4v) is 4.11. The molecule has 0 saturated heterocycles. The Bertz CT molecular complexity index is 1040. The van der Waals surface area contributed by atoms with Gasteiger partial charge in [0.05, 0.1) is 29.7 Å². The van der Waals surface area contributed by atoms with Crippen LogP contribution in [0.4, 0.5) is 4.39 Å². The normalized spacial score (nSPS) is 21.4. The van der Waals surface area contributed by atoms with Gasteiger partial charge in [-0.25, -0.2) is 9.11 Å². The van der Waals surface area contributed by atoms with Crippen molar-refractivity contribution in [1.29, 1.82) is 10.0 Å². The maximum atomic E-state index is 13.6. The second-order valence-electron chi connectivity index (χ2n) is 6.64. The summed E-state index contributed by atoms with van der Waals surface area (Å²) in [6, 6.07) is 16.1.